The van der Waals surface area contributed by atoms with Gasteiger partial charge in [0.15, 0.2) is 0 Å². The predicted octanol–water partition coefficient (Wildman–Crippen LogP) is 13.9. The second-order valence-electron chi connectivity index (χ2n) is 22.4. The molecule has 6 amide bonds. The highest BCUT2D eigenvalue weighted by Crippen LogP contribution is 2.12. The van der Waals surface area contributed by atoms with Crippen LogP contribution in [0.3, 0.4) is 0 Å². The predicted molar refractivity (Wildman–Crippen MR) is 355 cm³/mol. The molecule has 0 saturated carbocycles. The number of aldehydes is 1. The first kappa shape index (κ1) is 93.9. The van der Waals surface area contributed by atoms with Crippen LogP contribution in [0.25, 0.3) is 0 Å². The molecule has 0 aliphatic rings. The van der Waals surface area contributed by atoms with E-state index < -0.39 is 0 Å². The number of hydrogen-bond acceptors (Lipinski definition) is 13. The molecule has 0 aromatic carbocycles. The van der Waals surface area contributed by atoms with Crippen molar-refractivity contribution < 1.29 is 33.6 Å². The fourth-order valence-corrected chi connectivity index (χ4v) is 8.08. The van der Waals surface area contributed by atoms with Crippen LogP contribution in [0.5, 0.6) is 0 Å². The standard InChI is InChI=1S/6C10H22N2O.C5H10O/c6*1-2-3-4-5-6-7-8-9-10(13)12-11;1-5(2)3-4-6/h6*2-9,11H2,1H3,(H,12,13);4-5H,3H2,1-2H3. The summed E-state index contributed by atoms with van der Waals surface area (Å²) in [6, 6.07) is 0. The number of hydrogen-bond donors (Lipinski definition) is 12. The van der Waals surface area contributed by atoms with Crippen molar-refractivity contribution >= 4 is 41.7 Å². The van der Waals surface area contributed by atoms with Gasteiger partial charge in [-0.3, -0.25) is 61.3 Å². The fraction of sp³-hybridized carbons (Fsp3) is 0.892. The lowest BCUT2D eigenvalue weighted by molar-refractivity contribution is -0.122. The molecule has 19 heteroatoms. The van der Waals surface area contributed by atoms with Crippen molar-refractivity contribution in [1.82, 2.24) is 32.6 Å². The van der Waals surface area contributed by atoms with Gasteiger partial charge < -0.3 is 4.79 Å². The Hall–Kier alpha value is -3.75. The van der Waals surface area contributed by atoms with Crippen molar-refractivity contribution in [3.8, 4) is 0 Å². The van der Waals surface area contributed by atoms with E-state index in [-0.39, 0.29) is 35.4 Å². The van der Waals surface area contributed by atoms with Gasteiger partial charge >= 0.3 is 0 Å². The van der Waals surface area contributed by atoms with Gasteiger partial charge in [0.05, 0.1) is 0 Å². The Labute approximate surface area is 516 Å². The zero-order valence-corrected chi connectivity index (χ0v) is 56.1. The first-order valence-corrected chi connectivity index (χ1v) is 34.0. The van der Waals surface area contributed by atoms with Crippen molar-refractivity contribution in [2.45, 2.75) is 370 Å². The van der Waals surface area contributed by atoms with Crippen LogP contribution in [0.1, 0.15) is 370 Å². The van der Waals surface area contributed by atoms with E-state index in [1.165, 1.54) is 193 Å². The molecule has 18 N–H and O–H groups in total. The number of unbranched alkanes of at least 4 members (excludes halogenated alkanes) is 36. The number of nitrogens with two attached hydrogens (primary N) is 6. The first-order chi connectivity index (χ1) is 40.6. The molecule has 84 heavy (non-hydrogen) atoms. The summed E-state index contributed by atoms with van der Waals surface area (Å²) in [5.74, 6) is 30.0. The minimum Gasteiger partial charge on any atom is -0.303 e. The van der Waals surface area contributed by atoms with E-state index in [0.29, 0.717) is 50.9 Å². The fourth-order valence-electron chi connectivity index (χ4n) is 8.08. The summed E-state index contributed by atoms with van der Waals surface area (Å²) in [5.41, 5.74) is 12.8. The van der Waals surface area contributed by atoms with E-state index in [4.69, 9.17) is 35.1 Å². The molecule has 0 atom stereocenters. The second-order valence-corrected chi connectivity index (χ2v) is 22.4. The summed E-state index contributed by atoms with van der Waals surface area (Å²) < 4.78 is 0. The third-order valence-corrected chi connectivity index (χ3v) is 13.6. The van der Waals surface area contributed by atoms with E-state index >= 15 is 0 Å². The Bertz CT molecular complexity index is 1100. The smallest absolute Gasteiger partial charge is 0.233 e. The molecule has 0 aliphatic carbocycles. The number of hydrazine groups is 6. The quantitative estimate of drug-likeness (QED) is 0.00887. The Balaban J connectivity index is -0.000000166. The number of rotatable bonds is 50. The first-order valence-electron chi connectivity index (χ1n) is 34.0. The van der Waals surface area contributed by atoms with Crippen LogP contribution in [0.15, 0.2) is 0 Å². The summed E-state index contributed by atoms with van der Waals surface area (Å²) in [6.45, 7) is 17.3. The van der Waals surface area contributed by atoms with Gasteiger partial charge in [-0.1, -0.05) is 287 Å². The maximum atomic E-state index is 10.7. The van der Waals surface area contributed by atoms with Crippen molar-refractivity contribution in [1.29, 1.82) is 0 Å². The third kappa shape index (κ3) is 110. The minimum absolute atomic E-state index is 0.0476. The van der Waals surface area contributed by atoms with Gasteiger partial charge in [-0.25, -0.2) is 35.1 Å². The summed E-state index contributed by atoms with van der Waals surface area (Å²) in [7, 11) is 0. The van der Waals surface area contributed by atoms with Gasteiger partial charge in [-0.2, -0.15) is 0 Å². The van der Waals surface area contributed by atoms with Crippen molar-refractivity contribution in [2.24, 2.45) is 41.0 Å². The third-order valence-electron chi connectivity index (χ3n) is 13.6. The SMILES string of the molecule is CC(C)CC=O.CCCCCCCCCC(=O)NN.CCCCCCCCCC(=O)NN.CCCCCCCCCC(=O)NN.CCCCCCCCCC(=O)NN.CCCCCCCCCC(=O)NN.CCCCCCCCCC(=O)NN. The lowest BCUT2D eigenvalue weighted by Crippen LogP contribution is -2.29. The molecule has 0 spiro atoms. The van der Waals surface area contributed by atoms with Gasteiger partial charge in [0.25, 0.3) is 0 Å². The van der Waals surface area contributed by atoms with Crippen molar-refractivity contribution in [2.75, 3.05) is 0 Å². The van der Waals surface area contributed by atoms with E-state index in [1.54, 1.807) is 0 Å². The van der Waals surface area contributed by atoms with Crippen LogP contribution in [-0.4, -0.2) is 41.7 Å². The van der Waals surface area contributed by atoms with Crippen LogP contribution < -0.4 is 67.6 Å². The normalized spacial score (nSPS) is 9.94. The van der Waals surface area contributed by atoms with Crippen molar-refractivity contribution in [3.63, 3.8) is 0 Å². The van der Waals surface area contributed by atoms with Gasteiger partial charge in [0.1, 0.15) is 6.29 Å². The van der Waals surface area contributed by atoms with Gasteiger partial charge in [-0.05, 0) is 44.4 Å². The summed E-state index contributed by atoms with van der Waals surface area (Å²) in [6.07, 6.45) is 56.8. The monoisotopic (exact) mass is 1200 g/mol. The molecule has 0 aromatic rings. The Morgan fingerprint density at radius 3 is 0.452 bits per heavy atom. The average molecular weight is 1200 g/mol. The summed E-state index contributed by atoms with van der Waals surface area (Å²) in [5, 5.41) is 0. The van der Waals surface area contributed by atoms with Crippen molar-refractivity contribution in [3.05, 3.63) is 0 Å². The molecule has 0 fully saturated rings. The molecule has 0 aliphatic heterocycles. The molecule has 504 valence electrons. The Morgan fingerprint density at radius 2 is 0.369 bits per heavy atom. The number of nitrogens with one attached hydrogen (secondary N) is 6. The zero-order chi connectivity index (χ0) is 64.6. The zero-order valence-electron chi connectivity index (χ0n) is 56.1. The highest BCUT2D eigenvalue weighted by Gasteiger charge is 2.02. The van der Waals surface area contributed by atoms with Crippen LogP contribution in [0.4, 0.5) is 0 Å². The lowest BCUT2D eigenvalue weighted by atomic mass is 10.1. The average Bonchev–Trinajstić information content (AvgIpc) is 3.50. The van der Waals surface area contributed by atoms with Crippen LogP contribution >= 0.6 is 0 Å². The molecule has 0 saturated heterocycles. The molecule has 0 unspecified atom stereocenters. The second kappa shape index (κ2) is 90.4. The number of amides is 6. The highest BCUT2D eigenvalue weighted by molar-refractivity contribution is 5.76. The molecule has 0 rings (SSSR count). The molecular formula is C65H142N12O7. The van der Waals surface area contributed by atoms with Gasteiger partial charge in [0.2, 0.25) is 35.4 Å². The maximum Gasteiger partial charge on any atom is 0.233 e. The molecular weight excluding hydrogens is 1060 g/mol. The topological polar surface area (TPSA) is 348 Å². The van der Waals surface area contributed by atoms with E-state index in [9.17, 15) is 33.6 Å². The van der Waals surface area contributed by atoms with E-state index in [0.717, 1.165) is 83.3 Å². The van der Waals surface area contributed by atoms with E-state index in [1.807, 2.05) is 13.8 Å². The highest BCUT2D eigenvalue weighted by atomic mass is 16.2. The molecule has 19 nitrogen and oxygen atoms in total. The van der Waals surface area contributed by atoms with Crippen LogP contribution in [0.2, 0.25) is 0 Å². The largest absolute Gasteiger partial charge is 0.303 e. The number of carbonyl (C=O) groups is 7. The van der Waals surface area contributed by atoms with E-state index in [2.05, 4.69) is 74.1 Å². The Kier molecular flexibility index (Phi) is 101. The van der Waals surface area contributed by atoms with Gasteiger partial charge in [-0.15, -0.1) is 0 Å². The number of carbonyl (C=O) groups excluding carboxylic acids is 7. The molecule has 0 bridgehead atoms. The Morgan fingerprint density at radius 1 is 0.250 bits per heavy atom. The maximum absolute atomic E-state index is 10.7. The molecule has 0 radical (unpaired) electrons. The van der Waals surface area contributed by atoms with Crippen LogP contribution in [0, 0.1) is 5.92 Å². The van der Waals surface area contributed by atoms with Crippen LogP contribution in [-0.2, 0) is 33.6 Å². The summed E-state index contributed by atoms with van der Waals surface area (Å²) in [4.78, 5) is 73.9. The van der Waals surface area contributed by atoms with Gasteiger partial charge in [0, 0.05) is 44.9 Å². The molecule has 0 aromatic heterocycles. The lowest BCUT2D eigenvalue weighted by Gasteiger charge is -2.00. The minimum atomic E-state index is -0.0476. The summed E-state index contributed by atoms with van der Waals surface area (Å²) >= 11 is 0. The molecule has 0 heterocycles.